The second-order valence-corrected chi connectivity index (χ2v) is 6.39. The molecule has 0 spiro atoms. The van der Waals surface area contributed by atoms with E-state index in [2.05, 4.69) is 31.0 Å². The summed E-state index contributed by atoms with van der Waals surface area (Å²) >= 11 is 0. The zero-order valence-electron chi connectivity index (χ0n) is 11.5. The van der Waals surface area contributed by atoms with Gasteiger partial charge in [-0.3, -0.25) is 4.79 Å². The summed E-state index contributed by atoms with van der Waals surface area (Å²) in [5.74, 6) is 0.961. The number of hydrogen-bond acceptors (Lipinski definition) is 2. The number of likely N-dealkylation sites (tertiary alicyclic amines) is 1. The standard InChI is InChI=1S/C14H26N2O/c1-11(2)16-8-6-14(3,7-9-16)15-13(17)10-12-4-5-12/h11-12H,4-10H2,1-3H3,(H,15,17). The molecule has 1 N–H and O–H groups in total. The molecule has 1 amide bonds. The summed E-state index contributed by atoms with van der Waals surface area (Å²) in [7, 11) is 0. The number of rotatable bonds is 4. The molecule has 1 heterocycles. The van der Waals surface area contributed by atoms with Crippen molar-refractivity contribution in [3.05, 3.63) is 0 Å². The van der Waals surface area contributed by atoms with Crippen LogP contribution in [0.3, 0.4) is 0 Å². The Morgan fingerprint density at radius 1 is 1.35 bits per heavy atom. The molecule has 98 valence electrons. The van der Waals surface area contributed by atoms with Crippen molar-refractivity contribution in [3.8, 4) is 0 Å². The first kappa shape index (κ1) is 12.9. The maximum absolute atomic E-state index is 11.9. The summed E-state index contributed by atoms with van der Waals surface area (Å²) in [5, 5.41) is 3.26. The highest BCUT2D eigenvalue weighted by Crippen LogP contribution is 2.32. The lowest BCUT2D eigenvalue weighted by Gasteiger charge is -2.41. The molecule has 2 aliphatic rings. The van der Waals surface area contributed by atoms with Gasteiger partial charge >= 0.3 is 0 Å². The van der Waals surface area contributed by atoms with E-state index in [1.54, 1.807) is 0 Å². The van der Waals surface area contributed by atoms with E-state index in [0.717, 1.165) is 32.4 Å². The molecular weight excluding hydrogens is 212 g/mol. The number of carbonyl (C=O) groups is 1. The van der Waals surface area contributed by atoms with Crippen LogP contribution in [-0.2, 0) is 4.79 Å². The van der Waals surface area contributed by atoms with Gasteiger partial charge in [-0.25, -0.2) is 0 Å². The first-order valence-corrected chi connectivity index (χ1v) is 7.03. The minimum absolute atomic E-state index is 0.0391. The van der Waals surface area contributed by atoms with Crippen molar-refractivity contribution in [2.45, 2.75) is 64.5 Å². The zero-order chi connectivity index (χ0) is 12.5. The van der Waals surface area contributed by atoms with Gasteiger partial charge in [0.2, 0.25) is 5.91 Å². The van der Waals surface area contributed by atoms with E-state index in [0.29, 0.717) is 12.0 Å². The summed E-state index contributed by atoms with van der Waals surface area (Å²) in [6, 6.07) is 0.627. The number of nitrogens with one attached hydrogen (secondary N) is 1. The molecular formula is C14H26N2O. The molecule has 2 fully saturated rings. The molecule has 0 atom stereocenters. The molecule has 1 aliphatic carbocycles. The third-order valence-electron chi connectivity index (χ3n) is 4.24. The van der Waals surface area contributed by atoms with E-state index in [4.69, 9.17) is 0 Å². The number of nitrogens with zero attached hydrogens (tertiary/aromatic N) is 1. The largest absolute Gasteiger partial charge is 0.351 e. The van der Waals surface area contributed by atoms with Gasteiger partial charge in [0.1, 0.15) is 0 Å². The summed E-state index contributed by atoms with van der Waals surface area (Å²) < 4.78 is 0. The molecule has 1 saturated heterocycles. The zero-order valence-corrected chi connectivity index (χ0v) is 11.5. The molecule has 17 heavy (non-hydrogen) atoms. The minimum atomic E-state index is 0.0391. The van der Waals surface area contributed by atoms with Crippen LogP contribution in [0, 0.1) is 5.92 Å². The minimum Gasteiger partial charge on any atom is -0.351 e. The average Bonchev–Trinajstić information content (AvgIpc) is 3.01. The lowest BCUT2D eigenvalue weighted by molar-refractivity contribution is -0.123. The van der Waals surface area contributed by atoms with E-state index in [9.17, 15) is 4.79 Å². The first-order valence-electron chi connectivity index (χ1n) is 7.03. The van der Waals surface area contributed by atoms with Crippen LogP contribution in [0.2, 0.25) is 0 Å². The quantitative estimate of drug-likeness (QED) is 0.814. The van der Waals surface area contributed by atoms with Crippen molar-refractivity contribution < 1.29 is 4.79 Å². The molecule has 0 bridgehead atoms. The summed E-state index contributed by atoms with van der Waals surface area (Å²) in [6.45, 7) is 8.91. The lowest BCUT2D eigenvalue weighted by Crippen LogP contribution is -2.54. The van der Waals surface area contributed by atoms with Crippen LogP contribution in [-0.4, -0.2) is 35.5 Å². The molecule has 0 radical (unpaired) electrons. The van der Waals surface area contributed by atoms with Gasteiger partial charge in [0.15, 0.2) is 0 Å². The smallest absolute Gasteiger partial charge is 0.220 e. The van der Waals surface area contributed by atoms with E-state index < -0.39 is 0 Å². The van der Waals surface area contributed by atoms with Gasteiger partial charge in [-0.05, 0) is 52.4 Å². The second-order valence-electron chi connectivity index (χ2n) is 6.39. The molecule has 0 aromatic heterocycles. The van der Waals surface area contributed by atoms with Crippen molar-refractivity contribution in [1.29, 1.82) is 0 Å². The Kier molecular flexibility index (Phi) is 3.76. The van der Waals surface area contributed by atoms with Gasteiger partial charge in [-0.15, -0.1) is 0 Å². The highest BCUT2D eigenvalue weighted by molar-refractivity contribution is 5.77. The average molecular weight is 238 g/mol. The van der Waals surface area contributed by atoms with E-state index >= 15 is 0 Å². The van der Waals surface area contributed by atoms with Gasteiger partial charge in [0.25, 0.3) is 0 Å². The van der Waals surface area contributed by atoms with Gasteiger partial charge in [-0.1, -0.05) is 0 Å². The third kappa shape index (κ3) is 3.70. The highest BCUT2D eigenvalue weighted by Gasteiger charge is 2.33. The van der Waals surface area contributed by atoms with E-state index in [1.165, 1.54) is 12.8 Å². The summed E-state index contributed by atoms with van der Waals surface area (Å²) in [5.41, 5.74) is 0.0391. The maximum atomic E-state index is 11.9. The van der Waals surface area contributed by atoms with Crippen LogP contribution < -0.4 is 5.32 Å². The van der Waals surface area contributed by atoms with Crippen LogP contribution in [0.25, 0.3) is 0 Å². The number of amides is 1. The van der Waals surface area contributed by atoms with Gasteiger partial charge in [-0.2, -0.15) is 0 Å². The topological polar surface area (TPSA) is 32.3 Å². The fraction of sp³-hybridized carbons (Fsp3) is 0.929. The van der Waals surface area contributed by atoms with E-state index in [1.807, 2.05) is 0 Å². The number of hydrogen-bond donors (Lipinski definition) is 1. The Labute approximate surface area is 105 Å². The highest BCUT2D eigenvalue weighted by atomic mass is 16.1. The first-order chi connectivity index (χ1) is 7.98. The van der Waals surface area contributed by atoms with Crippen molar-refractivity contribution >= 4 is 5.91 Å². The van der Waals surface area contributed by atoms with Crippen molar-refractivity contribution in [3.63, 3.8) is 0 Å². The van der Waals surface area contributed by atoms with Crippen LogP contribution >= 0.6 is 0 Å². The Balaban J connectivity index is 1.77. The van der Waals surface area contributed by atoms with Crippen LogP contribution in [0.4, 0.5) is 0 Å². The lowest BCUT2D eigenvalue weighted by atomic mass is 9.88. The Hall–Kier alpha value is -0.570. The molecule has 0 unspecified atom stereocenters. The molecule has 1 aliphatic heterocycles. The Morgan fingerprint density at radius 2 is 1.94 bits per heavy atom. The normalized spacial score (nSPS) is 24.9. The SMILES string of the molecule is CC(C)N1CCC(C)(NC(=O)CC2CC2)CC1. The molecule has 2 rings (SSSR count). The van der Waals surface area contributed by atoms with Crippen molar-refractivity contribution in [1.82, 2.24) is 10.2 Å². The monoisotopic (exact) mass is 238 g/mol. The molecule has 3 nitrogen and oxygen atoms in total. The molecule has 3 heteroatoms. The molecule has 1 saturated carbocycles. The van der Waals surface area contributed by atoms with Gasteiger partial charge < -0.3 is 10.2 Å². The molecule has 0 aromatic carbocycles. The van der Waals surface area contributed by atoms with Gasteiger partial charge in [0, 0.05) is 31.1 Å². The second kappa shape index (κ2) is 4.97. The van der Waals surface area contributed by atoms with Crippen LogP contribution in [0.1, 0.15) is 52.9 Å². The Bertz CT molecular complexity index is 276. The summed E-state index contributed by atoms with van der Waals surface area (Å²) in [6.07, 6.45) is 5.43. The van der Waals surface area contributed by atoms with Crippen molar-refractivity contribution in [2.24, 2.45) is 5.92 Å². The fourth-order valence-corrected chi connectivity index (χ4v) is 2.63. The number of piperidine rings is 1. The van der Waals surface area contributed by atoms with Gasteiger partial charge in [0.05, 0.1) is 0 Å². The van der Waals surface area contributed by atoms with Crippen LogP contribution in [0.15, 0.2) is 0 Å². The van der Waals surface area contributed by atoms with Crippen LogP contribution in [0.5, 0.6) is 0 Å². The Morgan fingerprint density at radius 3 is 2.41 bits per heavy atom. The predicted octanol–water partition coefficient (Wildman–Crippen LogP) is 2.17. The fourth-order valence-electron chi connectivity index (χ4n) is 2.63. The van der Waals surface area contributed by atoms with E-state index in [-0.39, 0.29) is 11.4 Å². The van der Waals surface area contributed by atoms with Crippen molar-refractivity contribution in [2.75, 3.05) is 13.1 Å². The molecule has 0 aromatic rings. The summed E-state index contributed by atoms with van der Waals surface area (Å²) in [4.78, 5) is 14.4. The number of carbonyl (C=O) groups excluding carboxylic acids is 1. The predicted molar refractivity (Wildman–Crippen MR) is 69.8 cm³/mol. The third-order valence-corrected chi connectivity index (χ3v) is 4.24. The maximum Gasteiger partial charge on any atom is 0.220 e.